The fourth-order valence-corrected chi connectivity index (χ4v) is 1.15. The lowest BCUT2D eigenvalue weighted by molar-refractivity contribution is 0.456. The summed E-state index contributed by atoms with van der Waals surface area (Å²) in [6.07, 6.45) is 0. The molecule has 0 aromatic heterocycles. The number of benzene rings is 1. The zero-order valence-electron chi connectivity index (χ0n) is 7.50. The van der Waals surface area contributed by atoms with Crippen LogP contribution in [0.5, 0.6) is 5.75 Å². The molecule has 1 aromatic carbocycles. The molecule has 0 amide bonds. The van der Waals surface area contributed by atoms with Crippen molar-refractivity contribution < 1.29 is 9.50 Å². The van der Waals surface area contributed by atoms with Gasteiger partial charge in [0.15, 0.2) is 0 Å². The third-order valence-corrected chi connectivity index (χ3v) is 1.89. The van der Waals surface area contributed by atoms with Gasteiger partial charge >= 0.3 is 0 Å². The first-order valence-electron chi connectivity index (χ1n) is 3.99. The Balaban J connectivity index is 3.38. The number of hydrogen-bond acceptors (Lipinski definition) is 2. The number of halogens is 1. The number of phenolic OH excluding ortho intramolecular Hbond substituents is 1. The summed E-state index contributed by atoms with van der Waals surface area (Å²) in [6.45, 7) is 3.74. The van der Waals surface area contributed by atoms with Gasteiger partial charge in [-0.15, -0.1) is 0 Å². The molecule has 0 spiro atoms. The van der Waals surface area contributed by atoms with Crippen LogP contribution in [-0.4, -0.2) is 5.11 Å². The van der Waals surface area contributed by atoms with E-state index in [1.807, 2.05) is 13.8 Å². The Kier molecular flexibility index (Phi) is 2.52. The van der Waals surface area contributed by atoms with Crippen molar-refractivity contribution >= 4 is 0 Å². The molecule has 0 unspecified atom stereocenters. The van der Waals surface area contributed by atoms with Crippen LogP contribution in [0.25, 0.3) is 0 Å². The molecule has 0 radical (unpaired) electrons. The minimum atomic E-state index is -0.676. The molecule has 0 saturated carbocycles. The predicted molar refractivity (Wildman–Crippen MR) is 46.9 cm³/mol. The summed E-state index contributed by atoms with van der Waals surface area (Å²) in [5.74, 6) is -0.838. The average Bonchev–Trinajstić information content (AvgIpc) is 2.04. The molecule has 1 rings (SSSR count). The maximum absolute atomic E-state index is 12.9. The summed E-state index contributed by atoms with van der Waals surface area (Å²) in [5.41, 5.74) is 0.323. The molecule has 0 aliphatic rings. The SMILES string of the molecule is CC(C)c1ccc(F)c(C#N)c1O. The highest BCUT2D eigenvalue weighted by Crippen LogP contribution is 2.29. The maximum atomic E-state index is 12.9. The van der Waals surface area contributed by atoms with Crippen molar-refractivity contribution in [3.8, 4) is 11.8 Å². The Morgan fingerprint density at radius 2 is 2.08 bits per heavy atom. The van der Waals surface area contributed by atoms with Crippen molar-refractivity contribution in [3.05, 3.63) is 29.1 Å². The average molecular weight is 179 g/mol. The van der Waals surface area contributed by atoms with Crippen LogP contribution in [0.2, 0.25) is 0 Å². The van der Waals surface area contributed by atoms with E-state index in [0.717, 1.165) is 0 Å². The van der Waals surface area contributed by atoms with E-state index in [1.165, 1.54) is 12.1 Å². The summed E-state index contributed by atoms with van der Waals surface area (Å²) in [6, 6.07) is 4.33. The van der Waals surface area contributed by atoms with Crippen LogP contribution < -0.4 is 0 Å². The third-order valence-electron chi connectivity index (χ3n) is 1.89. The minimum absolute atomic E-state index is 0.0766. The van der Waals surface area contributed by atoms with Gasteiger partial charge in [-0.2, -0.15) is 5.26 Å². The Hall–Kier alpha value is -1.56. The van der Waals surface area contributed by atoms with Crippen LogP contribution in [0.1, 0.15) is 30.9 Å². The van der Waals surface area contributed by atoms with Gasteiger partial charge in [-0.25, -0.2) is 4.39 Å². The number of hydrogen-bond donors (Lipinski definition) is 1. The first kappa shape index (κ1) is 9.53. The van der Waals surface area contributed by atoms with Crippen LogP contribution in [-0.2, 0) is 0 Å². The Bertz CT molecular complexity index is 366. The molecule has 0 bridgehead atoms. The minimum Gasteiger partial charge on any atom is -0.506 e. The van der Waals surface area contributed by atoms with Crippen LogP contribution in [0.15, 0.2) is 12.1 Å². The van der Waals surface area contributed by atoms with E-state index in [1.54, 1.807) is 6.07 Å². The van der Waals surface area contributed by atoms with Gasteiger partial charge in [-0.05, 0) is 17.5 Å². The third kappa shape index (κ3) is 1.62. The van der Waals surface area contributed by atoms with Gasteiger partial charge < -0.3 is 5.11 Å². The van der Waals surface area contributed by atoms with E-state index in [0.29, 0.717) is 5.56 Å². The lowest BCUT2D eigenvalue weighted by Crippen LogP contribution is -1.93. The molecular weight excluding hydrogens is 169 g/mol. The number of phenols is 1. The molecule has 0 atom stereocenters. The van der Waals surface area contributed by atoms with E-state index in [4.69, 9.17) is 5.26 Å². The van der Waals surface area contributed by atoms with Crippen LogP contribution in [0, 0.1) is 17.1 Å². The highest BCUT2D eigenvalue weighted by molar-refractivity contribution is 5.49. The lowest BCUT2D eigenvalue weighted by atomic mass is 9.99. The Morgan fingerprint density at radius 3 is 2.54 bits per heavy atom. The quantitative estimate of drug-likeness (QED) is 0.719. The van der Waals surface area contributed by atoms with E-state index in [2.05, 4.69) is 0 Å². The smallest absolute Gasteiger partial charge is 0.144 e. The predicted octanol–water partition coefficient (Wildman–Crippen LogP) is 2.53. The summed E-state index contributed by atoms with van der Waals surface area (Å²) < 4.78 is 12.9. The van der Waals surface area contributed by atoms with Crippen molar-refractivity contribution in [2.45, 2.75) is 19.8 Å². The second kappa shape index (κ2) is 3.44. The number of aromatic hydroxyl groups is 1. The zero-order chi connectivity index (χ0) is 10.0. The Morgan fingerprint density at radius 1 is 1.46 bits per heavy atom. The fourth-order valence-electron chi connectivity index (χ4n) is 1.15. The summed E-state index contributed by atoms with van der Waals surface area (Å²) in [7, 11) is 0. The monoisotopic (exact) mass is 179 g/mol. The topological polar surface area (TPSA) is 44.0 Å². The van der Waals surface area contributed by atoms with E-state index in [-0.39, 0.29) is 17.2 Å². The molecule has 68 valence electrons. The highest BCUT2D eigenvalue weighted by Gasteiger charge is 2.13. The molecule has 1 aromatic rings. The van der Waals surface area contributed by atoms with Gasteiger partial charge in [-0.3, -0.25) is 0 Å². The fraction of sp³-hybridized carbons (Fsp3) is 0.300. The zero-order valence-corrected chi connectivity index (χ0v) is 7.50. The molecule has 0 saturated heterocycles. The van der Waals surface area contributed by atoms with Crippen LogP contribution in [0.4, 0.5) is 4.39 Å². The van der Waals surface area contributed by atoms with Gasteiger partial charge in [0.2, 0.25) is 0 Å². The molecule has 3 heteroatoms. The second-order valence-corrected chi connectivity index (χ2v) is 3.13. The van der Waals surface area contributed by atoms with Crippen molar-refractivity contribution in [3.63, 3.8) is 0 Å². The normalized spacial score (nSPS) is 10.1. The Labute approximate surface area is 76.2 Å². The highest BCUT2D eigenvalue weighted by atomic mass is 19.1. The largest absolute Gasteiger partial charge is 0.506 e. The summed E-state index contributed by atoms with van der Waals surface area (Å²) in [5, 5.41) is 18.0. The van der Waals surface area contributed by atoms with Crippen molar-refractivity contribution in [2.75, 3.05) is 0 Å². The van der Waals surface area contributed by atoms with E-state index >= 15 is 0 Å². The van der Waals surface area contributed by atoms with Crippen molar-refractivity contribution in [1.82, 2.24) is 0 Å². The van der Waals surface area contributed by atoms with Crippen molar-refractivity contribution in [1.29, 1.82) is 5.26 Å². The first-order chi connectivity index (χ1) is 6.07. The molecular formula is C10H10FNO. The molecule has 13 heavy (non-hydrogen) atoms. The molecule has 0 fully saturated rings. The number of nitrogens with zero attached hydrogens (tertiary/aromatic N) is 1. The lowest BCUT2D eigenvalue weighted by Gasteiger charge is -2.08. The van der Waals surface area contributed by atoms with Gasteiger partial charge in [-0.1, -0.05) is 19.9 Å². The van der Waals surface area contributed by atoms with Crippen LogP contribution in [0.3, 0.4) is 0 Å². The maximum Gasteiger partial charge on any atom is 0.144 e. The van der Waals surface area contributed by atoms with Gasteiger partial charge in [0.1, 0.15) is 23.2 Å². The first-order valence-corrected chi connectivity index (χ1v) is 3.99. The number of rotatable bonds is 1. The molecule has 1 N–H and O–H groups in total. The molecule has 0 aliphatic heterocycles. The second-order valence-electron chi connectivity index (χ2n) is 3.13. The van der Waals surface area contributed by atoms with Crippen molar-refractivity contribution in [2.24, 2.45) is 0 Å². The van der Waals surface area contributed by atoms with Crippen LogP contribution >= 0.6 is 0 Å². The van der Waals surface area contributed by atoms with E-state index < -0.39 is 5.82 Å². The van der Waals surface area contributed by atoms with E-state index in [9.17, 15) is 9.50 Å². The standard InChI is InChI=1S/C10H10FNO/c1-6(2)7-3-4-9(11)8(5-12)10(7)13/h3-4,6,13H,1-2H3. The summed E-state index contributed by atoms with van der Waals surface area (Å²) >= 11 is 0. The molecule has 2 nitrogen and oxygen atoms in total. The summed E-state index contributed by atoms with van der Waals surface area (Å²) in [4.78, 5) is 0. The van der Waals surface area contributed by atoms with Gasteiger partial charge in [0.25, 0.3) is 0 Å². The molecule has 0 aliphatic carbocycles. The molecule has 0 heterocycles. The van der Waals surface area contributed by atoms with Gasteiger partial charge in [0.05, 0.1) is 0 Å². The number of nitriles is 1. The van der Waals surface area contributed by atoms with Gasteiger partial charge in [0, 0.05) is 0 Å².